The van der Waals surface area contributed by atoms with Crippen LogP contribution in [-0.4, -0.2) is 37.6 Å². The Morgan fingerprint density at radius 1 is 1.03 bits per heavy atom. The van der Waals surface area contributed by atoms with Crippen LogP contribution in [0, 0.1) is 0 Å². The lowest BCUT2D eigenvalue weighted by Crippen LogP contribution is -2.52. The number of carbonyl (C=O) groups excluding carboxylic acids is 2. The lowest BCUT2D eigenvalue weighted by Gasteiger charge is -2.27. The minimum Gasteiger partial charge on any atom is -0.494 e. The van der Waals surface area contributed by atoms with E-state index in [-0.39, 0.29) is 30.3 Å². The van der Waals surface area contributed by atoms with E-state index in [9.17, 15) is 9.59 Å². The molecule has 0 fully saturated rings. The Kier molecular flexibility index (Phi) is 10.5. The Morgan fingerprint density at radius 3 is 2.38 bits per heavy atom. The van der Waals surface area contributed by atoms with Crippen LogP contribution < -0.4 is 20.3 Å². The fourth-order valence-corrected chi connectivity index (χ4v) is 4.43. The fourth-order valence-electron chi connectivity index (χ4n) is 4.43. The van der Waals surface area contributed by atoms with Crippen LogP contribution >= 0.6 is 12.4 Å². The van der Waals surface area contributed by atoms with E-state index in [4.69, 9.17) is 4.74 Å². The maximum Gasteiger partial charge on any atom is 0.249 e. The largest absolute Gasteiger partial charge is 0.494 e. The lowest BCUT2D eigenvalue weighted by molar-refractivity contribution is -0.128. The summed E-state index contributed by atoms with van der Waals surface area (Å²) in [6, 6.07) is 25.4. The smallest absolute Gasteiger partial charge is 0.249 e. The van der Waals surface area contributed by atoms with E-state index in [0.29, 0.717) is 26.0 Å². The third-order valence-corrected chi connectivity index (χ3v) is 6.66. The number of halogens is 1. The average Bonchev–Trinajstić information content (AvgIpc) is 3.04. The number of ether oxygens (including phenoxy) is 1. The molecular weight excluding hydrogens is 486 g/mol. The Labute approximate surface area is 225 Å². The van der Waals surface area contributed by atoms with Gasteiger partial charge in [-0.3, -0.25) is 9.59 Å². The third kappa shape index (κ3) is 7.57. The summed E-state index contributed by atoms with van der Waals surface area (Å²) in [6.07, 6.45) is 3.11. The van der Waals surface area contributed by atoms with Crippen LogP contribution in [0.3, 0.4) is 0 Å². The van der Waals surface area contributed by atoms with Crippen molar-refractivity contribution in [2.45, 2.75) is 51.2 Å². The maximum absolute atomic E-state index is 13.7. The fraction of sp³-hybridized carbons (Fsp3) is 0.333. The molecule has 2 amide bonds. The van der Waals surface area contributed by atoms with Gasteiger partial charge in [-0.2, -0.15) is 0 Å². The number of nitrogens with one attached hydrogen (secondary N) is 2. The molecule has 0 saturated carbocycles. The van der Waals surface area contributed by atoms with Gasteiger partial charge in [0.05, 0.1) is 24.9 Å². The zero-order chi connectivity index (χ0) is 25.3. The van der Waals surface area contributed by atoms with Gasteiger partial charge in [0.15, 0.2) is 0 Å². The normalized spacial score (nSPS) is 15.7. The van der Waals surface area contributed by atoms with Gasteiger partial charge in [-0.1, -0.05) is 66.7 Å². The quantitative estimate of drug-likeness (QED) is 0.380. The van der Waals surface area contributed by atoms with E-state index < -0.39 is 6.04 Å². The molecule has 4 rings (SSSR count). The van der Waals surface area contributed by atoms with Gasteiger partial charge in [-0.15, -0.1) is 12.4 Å². The number of likely N-dealkylation sites (N-methyl/N-ethyl adjacent to an activating group) is 1. The number of aryl methyl sites for hydroxylation is 2. The Morgan fingerprint density at radius 2 is 1.70 bits per heavy atom. The Hall–Kier alpha value is -3.35. The van der Waals surface area contributed by atoms with Crippen LogP contribution in [0.4, 0.5) is 5.69 Å². The van der Waals surface area contributed by atoms with E-state index in [1.807, 2.05) is 54.6 Å². The van der Waals surface area contributed by atoms with Gasteiger partial charge in [0.2, 0.25) is 11.8 Å². The molecule has 1 aliphatic rings. The first-order chi connectivity index (χ1) is 17.5. The minimum atomic E-state index is -0.584. The molecule has 0 unspecified atom stereocenters. The van der Waals surface area contributed by atoms with Crippen LogP contribution in [0.5, 0.6) is 5.75 Å². The number of benzene rings is 3. The molecule has 0 aliphatic carbocycles. The molecule has 2 N–H and O–H groups in total. The van der Waals surface area contributed by atoms with E-state index in [2.05, 4.69) is 34.9 Å². The molecule has 6 nitrogen and oxygen atoms in total. The second-order valence-electron chi connectivity index (χ2n) is 9.25. The Bertz CT molecular complexity index is 1160. The summed E-state index contributed by atoms with van der Waals surface area (Å²) in [5.74, 6) is 0.471. The van der Waals surface area contributed by atoms with Crippen LogP contribution in [0.2, 0.25) is 0 Å². The highest BCUT2D eigenvalue weighted by Gasteiger charge is 2.32. The molecule has 1 aliphatic heterocycles. The second-order valence-corrected chi connectivity index (χ2v) is 9.25. The Balaban J connectivity index is 0.00000380. The standard InChI is InChI=1S/C30H35N3O3.ClH/c1-22(31-2)29(34)32-27-18-16-25-15-17-26(36-19-9-14-23-10-5-3-6-11-23)20-28(25)33(30(27)35)21-24-12-7-4-8-13-24;/h3-8,10-13,15,17,20,22,27,31H,9,14,16,18-19,21H2,1-2H3,(H,32,34);1H/t22-,27-;/m0./s1. The SMILES string of the molecule is CN[C@@H](C)C(=O)N[C@H]1CCc2ccc(OCCCc3ccccc3)cc2N(Cc2ccccc2)C1=O.Cl. The minimum absolute atomic E-state index is 0. The van der Waals surface area contributed by atoms with Gasteiger partial charge in [-0.25, -0.2) is 0 Å². The summed E-state index contributed by atoms with van der Waals surface area (Å²) in [5.41, 5.74) is 4.25. The van der Waals surface area contributed by atoms with Crippen LogP contribution in [0.15, 0.2) is 78.9 Å². The molecule has 0 bridgehead atoms. The summed E-state index contributed by atoms with van der Waals surface area (Å²) < 4.78 is 6.09. The predicted molar refractivity (Wildman–Crippen MR) is 150 cm³/mol. The van der Waals surface area contributed by atoms with Crippen molar-refractivity contribution in [2.75, 3.05) is 18.6 Å². The highest BCUT2D eigenvalue weighted by molar-refractivity contribution is 6.01. The first-order valence-electron chi connectivity index (χ1n) is 12.7. The molecular formula is C30H36ClN3O3. The molecule has 7 heteroatoms. The third-order valence-electron chi connectivity index (χ3n) is 6.66. The molecule has 0 saturated heterocycles. The molecule has 0 spiro atoms. The molecule has 3 aromatic rings. The molecule has 0 aromatic heterocycles. The highest BCUT2D eigenvalue weighted by Crippen LogP contribution is 2.32. The summed E-state index contributed by atoms with van der Waals surface area (Å²) >= 11 is 0. The first-order valence-corrected chi connectivity index (χ1v) is 12.7. The average molecular weight is 522 g/mol. The number of hydrogen-bond acceptors (Lipinski definition) is 4. The van der Waals surface area contributed by atoms with E-state index >= 15 is 0 Å². The van der Waals surface area contributed by atoms with Crippen LogP contribution in [0.25, 0.3) is 0 Å². The number of carbonyl (C=O) groups is 2. The lowest BCUT2D eigenvalue weighted by atomic mass is 10.1. The summed E-state index contributed by atoms with van der Waals surface area (Å²) in [6.45, 7) is 2.81. The number of rotatable bonds is 10. The van der Waals surface area contributed by atoms with Gasteiger partial charge in [0.25, 0.3) is 0 Å². The number of hydrogen-bond donors (Lipinski definition) is 2. The van der Waals surface area contributed by atoms with Crippen molar-refractivity contribution in [3.8, 4) is 5.75 Å². The van der Waals surface area contributed by atoms with Crippen molar-refractivity contribution in [1.29, 1.82) is 0 Å². The first kappa shape index (κ1) is 28.2. The van der Waals surface area contributed by atoms with Crippen molar-refractivity contribution in [3.05, 3.63) is 95.6 Å². The number of anilines is 1. The molecule has 3 aromatic carbocycles. The van der Waals surface area contributed by atoms with Gasteiger partial charge < -0.3 is 20.3 Å². The number of fused-ring (bicyclic) bond motifs is 1. The monoisotopic (exact) mass is 521 g/mol. The highest BCUT2D eigenvalue weighted by atomic mass is 35.5. The van der Waals surface area contributed by atoms with Crippen LogP contribution in [0.1, 0.15) is 36.5 Å². The molecule has 37 heavy (non-hydrogen) atoms. The van der Waals surface area contributed by atoms with Crippen molar-refractivity contribution in [3.63, 3.8) is 0 Å². The zero-order valence-corrected chi connectivity index (χ0v) is 22.3. The van der Waals surface area contributed by atoms with Crippen molar-refractivity contribution >= 4 is 29.9 Å². The van der Waals surface area contributed by atoms with Crippen molar-refractivity contribution in [2.24, 2.45) is 0 Å². The number of amides is 2. The number of nitrogens with zero attached hydrogens (tertiary/aromatic N) is 1. The maximum atomic E-state index is 13.7. The summed E-state index contributed by atoms with van der Waals surface area (Å²) in [7, 11) is 1.73. The molecule has 1 heterocycles. The summed E-state index contributed by atoms with van der Waals surface area (Å²) in [4.78, 5) is 28.1. The zero-order valence-electron chi connectivity index (χ0n) is 21.5. The van der Waals surface area contributed by atoms with Gasteiger partial charge >= 0.3 is 0 Å². The van der Waals surface area contributed by atoms with Crippen molar-refractivity contribution in [1.82, 2.24) is 10.6 Å². The van der Waals surface area contributed by atoms with Crippen LogP contribution in [-0.2, 0) is 29.0 Å². The van der Waals surface area contributed by atoms with E-state index in [1.165, 1.54) is 5.56 Å². The second kappa shape index (κ2) is 13.8. The van der Waals surface area contributed by atoms with Crippen molar-refractivity contribution < 1.29 is 14.3 Å². The topological polar surface area (TPSA) is 70.7 Å². The van der Waals surface area contributed by atoms with Gasteiger partial charge in [-0.05, 0) is 62.4 Å². The predicted octanol–water partition coefficient (Wildman–Crippen LogP) is 4.69. The van der Waals surface area contributed by atoms with E-state index in [0.717, 1.165) is 35.4 Å². The summed E-state index contributed by atoms with van der Waals surface area (Å²) in [5, 5.41) is 5.90. The molecule has 2 atom stereocenters. The molecule has 0 radical (unpaired) electrons. The van der Waals surface area contributed by atoms with Gasteiger partial charge in [0.1, 0.15) is 11.8 Å². The van der Waals surface area contributed by atoms with E-state index in [1.54, 1.807) is 18.9 Å². The van der Waals surface area contributed by atoms with Gasteiger partial charge in [0, 0.05) is 6.07 Å². The molecule has 196 valence electrons.